The van der Waals surface area contributed by atoms with Crippen molar-refractivity contribution >= 4 is 92.1 Å². The average molecular weight is 1080 g/mol. The van der Waals surface area contributed by atoms with Crippen LogP contribution in [0.5, 0.6) is 0 Å². The molecule has 0 radical (unpaired) electrons. The van der Waals surface area contributed by atoms with Crippen molar-refractivity contribution in [1.29, 1.82) is 0 Å². The van der Waals surface area contributed by atoms with Gasteiger partial charge in [-0.1, -0.05) is 115 Å². The molecule has 3 aromatic heterocycles. The number of nitrogens with zero attached hydrogens (tertiary/aromatic N) is 6. The van der Waals surface area contributed by atoms with Crippen LogP contribution in [-0.4, -0.2) is 85.7 Å². The second-order valence-corrected chi connectivity index (χ2v) is 27.2. The molecule has 6 aromatic carbocycles. The third kappa shape index (κ3) is 7.95. The Kier molecular flexibility index (Phi) is 11.8. The molecule has 362 valence electrons. The molecule has 18 nitrogen and oxygen atoms in total. The van der Waals surface area contributed by atoms with E-state index in [1.165, 1.54) is 109 Å². The number of rotatable bonds is 12. The van der Waals surface area contributed by atoms with E-state index in [0.29, 0.717) is 0 Å². The molecule has 0 bridgehead atoms. The van der Waals surface area contributed by atoms with Gasteiger partial charge in [0.1, 0.15) is 33.1 Å². The first-order valence-corrected chi connectivity index (χ1v) is 30.1. The first kappa shape index (κ1) is 48.2. The Morgan fingerprint density at radius 2 is 0.514 bits per heavy atom. The van der Waals surface area contributed by atoms with Crippen LogP contribution >= 0.6 is 0 Å². The fourth-order valence-electron chi connectivity index (χ4n) is 7.75. The molecule has 0 aliphatic heterocycles. The first-order valence-electron chi connectivity index (χ1n) is 21.1. The maximum Gasteiger partial charge on any atom is 0.226 e. The van der Waals surface area contributed by atoms with Crippen LogP contribution in [0.15, 0.2) is 231 Å². The molecule has 72 heavy (non-hydrogen) atoms. The fraction of sp³-hybridized carbons (Fsp3) is 0.0417. The summed E-state index contributed by atoms with van der Waals surface area (Å²) in [5, 5.41) is -8.66. The van der Waals surface area contributed by atoms with Gasteiger partial charge in [0, 0.05) is 0 Å². The predicted molar refractivity (Wildman–Crippen MR) is 259 cm³/mol. The highest BCUT2D eigenvalue weighted by Gasteiger charge is 2.41. The predicted octanol–water partition coefficient (Wildman–Crippen LogP) is 6.34. The van der Waals surface area contributed by atoms with Crippen molar-refractivity contribution in [1.82, 2.24) is 29.9 Å². The van der Waals surface area contributed by atoms with Crippen LogP contribution in [0, 0.1) is 0 Å². The highest BCUT2D eigenvalue weighted by atomic mass is 32.2. The lowest BCUT2D eigenvalue weighted by Crippen LogP contribution is -2.24. The molecular weight excluding hydrogens is 1040 g/mol. The second-order valence-electron chi connectivity index (χ2n) is 15.8. The minimum Gasteiger partial charge on any atom is -0.229 e. The first-order chi connectivity index (χ1) is 34.3. The van der Waals surface area contributed by atoms with Gasteiger partial charge in [-0.3, -0.25) is 0 Å². The van der Waals surface area contributed by atoms with Crippen molar-refractivity contribution in [2.45, 2.75) is 66.3 Å². The van der Waals surface area contributed by atoms with Crippen molar-refractivity contribution in [2.24, 2.45) is 0 Å². The van der Waals surface area contributed by atoms with Gasteiger partial charge < -0.3 is 0 Å². The molecule has 0 spiro atoms. The van der Waals surface area contributed by atoms with Gasteiger partial charge in [-0.05, 0) is 67.1 Å². The van der Waals surface area contributed by atoms with Crippen LogP contribution < -0.4 is 0 Å². The molecule has 1 aliphatic rings. The summed E-state index contributed by atoms with van der Waals surface area (Å²) < 4.78 is 178. The van der Waals surface area contributed by atoms with Crippen molar-refractivity contribution in [3.8, 4) is 0 Å². The molecule has 24 heteroatoms. The SMILES string of the molecule is O=S(=O)(c1ccccc1)c1nc2c3nc(S(=O)(=O)c4ccccc4)c(S(=O)(=O)c4ccccc4)nc3c3nc(S(=O)(=O)C4C=CC=CC4)c(S(=O)(=O)c4ccccc4)nc3c2nc1S(=O)(=O)c1ccccc1. The maximum atomic E-state index is 14.9. The van der Waals surface area contributed by atoms with Gasteiger partial charge in [0.15, 0.2) is 30.2 Å². The Bertz CT molecular complexity index is 4380. The van der Waals surface area contributed by atoms with Gasteiger partial charge in [0.2, 0.25) is 59.0 Å². The van der Waals surface area contributed by atoms with Gasteiger partial charge in [0.05, 0.1) is 29.7 Å². The molecule has 0 N–H and O–H groups in total. The molecule has 3 heterocycles. The van der Waals surface area contributed by atoms with Gasteiger partial charge in [-0.2, -0.15) is 0 Å². The van der Waals surface area contributed by atoms with Gasteiger partial charge >= 0.3 is 0 Å². The van der Waals surface area contributed by atoms with Crippen LogP contribution in [0.4, 0.5) is 0 Å². The van der Waals surface area contributed by atoms with E-state index in [-0.39, 0.29) is 6.42 Å². The van der Waals surface area contributed by atoms with Crippen LogP contribution in [0.2, 0.25) is 0 Å². The van der Waals surface area contributed by atoms with Crippen LogP contribution in [0.25, 0.3) is 33.1 Å². The smallest absolute Gasteiger partial charge is 0.226 e. The van der Waals surface area contributed by atoms with Crippen LogP contribution in [0.1, 0.15) is 6.42 Å². The van der Waals surface area contributed by atoms with E-state index in [0.717, 1.165) is 60.7 Å². The largest absolute Gasteiger partial charge is 0.229 e. The summed E-state index contributed by atoms with van der Waals surface area (Å²) in [6.45, 7) is 0. The monoisotopic (exact) mass is 1080 g/mol. The fourth-order valence-corrected chi connectivity index (χ4v) is 17.3. The lowest BCUT2D eigenvalue weighted by atomic mass is 10.2. The van der Waals surface area contributed by atoms with E-state index in [2.05, 4.69) is 29.9 Å². The van der Waals surface area contributed by atoms with Crippen molar-refractivity contribution in [3.63, 3.8) is 0 Å². The Morgan fingerprint density at radius 1 is 0.292 bits per heavy atom. The number of sulfone groups is 6. The summed E-state index contributed by atoms with van der Waals surface area (Å²) in [6, 6.07) is 32.5. The normalized spacial score (nSPS) is 14.8. The van der Waals surface area contributed by atoms with Gasteiger partial charge in [-0.25, -0.2) is 80.4 Å². The second kappa shape index (κ2) is 17.7. The molecular formula is C48H32N6O12S6. The summed E-state index contributed by atoms with van der Waals surface area (Å²) in [5.41, 5.74) is -4.67. The van der Waals surface area contributed by atoms with Crippen LogP contribution in [0.3, 0.4) is 0 Å². The average Bonchev–Trinajstić information content (AvgIpc) is 3.41. The van der Waals surface area contributed by atoms with E-state index in [1.807, 2.05) is 0 Å². The standard InChI is InChI=1S/C48H32N6O12S6/c55-67(56,31-19-7-1-8-20-31)43-44(68(57,58)32-21-9-2-10-22-32)50-38-37(49-43)39-41(53-46(70(61,62)34-25-13-4-14-26-34)45(51-39)69(59,60)33-23-11-3-12-24-33)42-40(38)52-47(71(63,64)35-27-15-5-16-28-35)48(54-42)72(65,66)36-29-17-6-18-30-36/h1-29,36H,30H2. The third-order valence-corrected chi connectivity index (χ3v) is 22.1. The third-order valence-electron chi connectivity index (χ3n) is 11.3. The lowest BCUT2D eigenvalue weighted by molar-refractivity contribution is 0.568. The Hall–Kier alpha value is -7.48. The van der Waals surface area contributed by atoms with Crippen molar-refractivity contribution < 1.29 is 50.5 Å². The van der Waals surface area contributed by atoms with Crippen LogP contribution in [-0.2, 0) is 59.0 Å². The maximum absolute atomic E-state index is 14.9. The zero-order valence-corrected chi connectivity index (χ0v) is 41.5. The number of hydrogen-bond acceptors (Lipinski definition) is 18. The summed E-state index contributed by atoms with van der Waals surface area (Å²) in [6.07, 6.45) is 5.62. The Morgan fingerprint density at radius 3 is 0.736 bits per heavy atom. The Labute approximate surface area is 412 Å². The zero-order valence-electron chi connectivity index (χ0n) is 36.6. The Balaban J connectivity index is 1.48. The van der Waals surface area contributed by atoms with E-state index >= 15 is 0 Å². The summed E-state index contributed by atoms with van der Waals surface area (Å²) in [4.78, 5) is 24.2. The highest BCUT2D eigenvalue weighted by Crippen LogP contribution is 2.40. The van der Waals surface area contributed by atoms with E-state index in [1.54, 1.807) is 6.08 Å². The molecule has 1 atom stereocenters. The molecule has 0 amide bonds. The minimum absolute atomic E-state index is 0.160. The van der Waals surface area contributed by atoms with Gasteiger partial charge in [-0.15, -0.1) is 0 Å². The number of allylic oxidation sites excluding steroid dienone is 3. The highest BCUT2D eigenvalue weighted by molar-refractivity contribution is 7.95. The van der Waals surface area contributed by atoms with Crippen molar-refractivity contribution in [2.75, 3.05) is 0 Å². The van der Waals surface area contributed by atoms with Gasteiger partial charge in [0.25, 0.3) is 0 Å². The van der Waals surface area contributed by atoms with E-state index in [4.69, 9.17) is 0 Å². The van der Waals surface area contributed by atoms with E-state index < -0.39 is 152 Å². The molecule has 9 aromatic rings. The minimum atomic E-state index is -5.07. The number of benzene rings is 6. The summed E-state index contributed by atoms with van der Waals surface area (Å²) in [7, 11) is -30.2. The molecule has 1 unspecified atom stereocenters. The lowest BCUT2D eigenvalue weighted by Gasteiger charge is -2.19. The van der Waals surface area contributed by atoms with Crippen molar-refractivity contribution in [3.05, 3.63) is 176 Å². The molecule has 0 saturated heterocycles. The topological polar surface area (TPSA) is 282 Å². The quantitative estimate of drug-likeness (QED) is 0.121. The number of hydrogen-bond donors (Lipinski definition) is 0. The number of fused-ring (bicyclic) bond motifs is 6. The number of aromatic nitrogens is 6. The summed E-state index contributed by atoms with van der Waals surface area (Å²) >= 11 is 0. The zero-order chi connectivity index (χ0) is 50.8. The molecule has 10 rings (SSSR count). The molecule has 0 fully saturated rings. The summed E-state index contributed by atoms with van der Waals surface area (Å²) in [5.74, 6) is 0. The molecule has 0 saturated carbocycles. The van der Waals surface area contributed by atoms with E-state index in [9.17, 15) is 50.5 Å². The molecule has 1 aliphatic carbocycles.